The summed E-state index contributed by atoms with van der Waals surface area (Å²) in [6.45, 7) is 1.00. The van der Waals surface area contributed by atoms with E-state index in [0.29, 0.717) is 0 Å². The highest BCUT2D eigenvalue weighted by Crippen LogP contribution is 2.40. The molecule has 1 unspecified atom stereocenters. The number of hydrogen-bond donors (Lipinski definition) is 2. The average molecular weight is 419 g/mol. The summed E-state index contributed by atoms with van der Waals surface area (Å²) in [7, 11) is 0. The van der Waals surface area contributed by atoms with Crippen molar-refractivity contribution in [2.24, 2.45) is 0 Å². The van der Waals surface area contributed by atoms with Gasteiger partial charge in [0.2, 0.25) is 0 Å². The second kappa shape index (κ2) is 8.47. The van der Waals surface area contributed by atoms with Gasteiger partial charge in [0.1, 0.15) is 5.82 Å². The van der Waals surface area contributed by atoms with Crippen molar-refractivity contribution in [1.82, 2.24) is 5.32 Å². The van der Waals surface area contributed by atoms with E-state index < -0.39 is 35.1 Å². The maximum atomic E-state index is 14.0. The molecule has 0 saturated heterocycles. The topological polar surface area (TPSA) is 67.4 Å². The Hall–Kier alpha value is -2.81. The zero-order chi connectivity index (χ0) is 20.9. The first-order chi connectivity index (χ1) is 13.1. The number of esters is 1. The lowest BCUT2D eigenvalue weighted by molar-refractivity contribution is -0.213. The van der Waals surface area contributed by atoms with Crippen LogP contribution in [-0.2, 0) is 15.1 Å². The van der Waals surface area contributed by atoms with Crippen molar-refractivity contribution in [3.8, 4) is 0 Å². The van der Waals surface area contributed by atoms with Gasteiger partial charge in [0, 0.05) is 5.69 Å². The number of amides is 2. The molecule has 2 amide bonds. The number of hydrogen-bond acceptors (Lipinski definition) is 3. The van der Waals surface area contributed by atoms with E-state index >= 15 is 0 Å². The molecule has 2 rings (SSSR count). The molecule has 0 aliphatic carbocycles. The molecule has 5 nitrogen and oxygen atoms in total. The minimum atomic E-state index is -5.22. The fourth-order valence-electron chi connectivity index (χ4n) is 2.43. The molecule has 0 radical (unpaired) electrons. The summed E-state index contributed by atoms with van der Waals surface area (Å²) in [4.78, 5) is 24.6. The lowest BCUT2D eigenvalue weighted by Crippen LogP contribution is -2.62. The molecular formula is C18H15ClF4N2O3. The number of anilines is 1. The largest absolute Gasteiger partial charge is 0.464 e. The number of halogens is 5. The number of ether oxygens (including phenoxy) is 1. The number of nitrogens with one attached hydrogen (secondary N) is 2. The van der Waals surface area contributed by atoms with Crippen LogP contribution in [0.4, 0.5) is 28.0 Å². The molecule has 0 spiro atoms. The minimum Gasteiger partial charge on any atom is -0.464 e. The van der Waals surface area contributed by atoms with E-state index in [4.69, 9.17) is 11.6 Å². The van der Waals surface area contributed by atoms with Crippen LogP contribution in [0.1, 0.15) is 12.5 Å². The SMILES string of the molecule is CCOC(=O)C(NC(=O)Nc1ccc(F)c(Cl)c1)(c1ccccc1)C(F)(F)F. The summed E-state index contributed by atoms with van der Waals surface area (Å²) < 4.78 is 59.9. The Kier molecular flexibility index (Phi) is 6.50. The predicted molar refractivity (Wildman–Crippen MR) is 94.4 cm³/mol. The first kappa shape index (κ1) is 21.5. The third-order valence-electron chi connectivity index (χ3n) is 3.69. The van der Waals surface area contributed by atoms with Gasteiger partial charge in [-0.05, 0) is 30.7 Å². The standard InChI is InChI=1S/C18H15ClF4N2O3/c1-2-28-15(26)17(18(21,22)23,11-6-4-3-5-7-11)25-16(27)24-12-8-9-14(20)13(19)10-12/h3-10H,2H2,1H3,(H2,24,25,27). The maximum Gasteiger partial charge on any atom is 0.426 e. The third-order valence-corrected chi connectivity index (χ3v) is 3.98. The summed E-state index contributed by atoms with van der Waals surface area (Å²) in [5.41, 5.74) is -4.05. The van der Waals surface area contributed by atoms with E-state index in [1.54, 1.807) is 5.32 Å². The minimum absolute atomic E-state index is 0.0723. The highest BCUT2D eigenvalue weighted by Gasteiger charge is 2.64. The van der Waals surface area contributed by atoms with Crippen LogP contribution in [0, 0.1) is 5.82 Å². The summed E-state index contributed by atoms with van der Waals surface area (Å²) >= 11 is 5.59. The fraction of sp³-hybridized carbons (Fsp3) is 0.222. The van der Waals surface area contributed by atoms with Crippen LogP contribution >= 0.6 is 11.6 Å². The fourth-order valence-corrected chi connectivity index (χ4v) is 2.61. The van der Waals surface area contributed by atoms with Crippen LogP contribution in [-0.4, -0.2) is 24.8 Å². The van der Waals surface area contributed by atoms with Crippen LogP contribution in [0.25, 0.3) is 0 Å². The molecule has 0 aromatic heterocycles. The molecular weight excluding hydrogens is 404 g/mol. The predicted octanol–water partition coefficient (Wildman–Crippen LogP) is 4.62. The summed E-state index contributed by atoms with van der Waals surface area (Å²) in [5, 5.41) is 3.42. The Labute approximate surface area is 162 Å². The van der Waals surface area contributed by atoms with Gasteiger partial charge in [-0.15, -0.1) is 0 Å². The van der Waals surface area contributed by atoms with E-state index in [1.165, 1.54) is 25.1 Å². The molecule has 2 aromatic carbocycles. The van der Waals surface area contributed by atoms with E-state index in [1.807, 2.05) is 0 Å². The van der Waals surface area contributed by atoms with Crippen LogP contribution in [0.5, 0.6) is 0 Å². The molecule has 10 heteroatoms. The molecule has 0 saturated carbocycles. The van der Waals surface area contributed by atoms with Crippen molar-refractivity contribution < 1.29 is 31.9 Å². The zero-order valence-corrected chi connectivity index (χ0v) is 15.2. The van der Waals surface area contributed by atoms with Gasteiger partial charge in [-0.25, -0.2) is 14.0 Å². The summed E-state index contributed by atoms with van der Waals surface area (Å²) in [6, 6.07) is 7.79. The van der Waals surface area contributed by atoms with Gasteiger partial charge in [0.05, 0.1) is 11.6 Å². The van der Waals surface area contributed by atoms with Crippen LogP contribution in [0.3, 0.4) is 0 Å². The lowest BCUT2D eigenvalue weighted by Gasteiger charge is -2.34. The molecule has 150 valence electrons. The average Bonchev–Trinajstić information content (AvgIpc) is 2.62. The van der Waals surface area contributed by atoms with Crippen LogP contribution in [0.15, 0.2) is 48.5 Å². The highest BCUT2D eigenvalue weighted by molar-refractivity contribution is 6.31. The van der Waals surface area contributed by atoms with E-state index in [0.717, 1.165) is 30.3 Å². The highest BCUT2D eigenvalue weighted by atomic mass is 35.5. The zero-order valence-electron chi connectivity index (χ0n) is 14.4. The Morgan fingerprint density at radius 1 is 1.11 bits per heavy atom. The van der Waals surface area contributed by atoms with Crippen molar-refractivity contribution in [2.75, 3.05) is 11.9 Å². The first-order valence-corrected chi connectivity index (χ1v) is 8.33. The number of carbonyl (C=O) groups excluding carboxylic acids is 2. The number of alkyl halides is 3. The van der Waals surface area contributed by atoms with E-state index in [-0.39, 0.29) is 17.3 Å². The third kappa shape index (κ3) is 4.36. The van der Waals surface area contributed by atoms with Crippen molar-refractivity contribution in [2.45, 2.75) is 18.6 Å². The van der Waals surface area contributed by atoms with Gasteiger partial charge < -0.3 is 15.4 Å². The molecule has 0 bridgehead atoms. The van der Waals surface area contributed by atoms with Crippen molar-refractivity contribution in [1.29, 1.82) is 0 Å². The smallest absolute Gasteiger partial charge is 0.426 e. The second-order valence-corrected chi connectivity index (χ2v) is 5.95. The van der Waals surface area contributed by atoms with Gasteiger partial charge in [0.15, 0.2) is 0 Å². The Balaban J connectivity index is 2.44. The van der Waals surface area contributed by atoms with Gasteiger partial charge in [-0.3, -0.25) is 0 Å². The molecule has 0 aliphatic heterocycles. The summed E-state index contributed by atoms with van der Waals surface area (Å²) in [5.74, 6) is -2.46. The molecule has 0 fully saturated rings. The number of urea groups is 1. The van der Waals surface area contributed by atoms with Crippen LogP contribution < -0.4 is 10.6 Å². The maximum absolute atomic E-state index is 14.0. The first-order valence-electron chi connectivity index (χ1n) is 7.95. The van der Waals surface area contributed by atoms with E-state index in [2.05, 4.69) is 10.1 Å². The number of carbonyl (C=O) groups is 2. The number of benzene rings is 2. The summed E-state index contributed by atoms with van der Waals surface area (Å²) in [6.07, 6.45) is -5.22. The van der Waals surface area contributed by atoms with Crippen molar-refractivity contribution in [3.05, 3.63) is 64.9 Å². The second-order valence-electron chi connectivity index (χ2n) is 5.54. The Morgan fingerprint density at radius 3 is 2.29 bits per heavy atom. The Bertz CT molecular complexity index is 862. The number of rotatable bonds is 5. The normalized spacial score (nSPS) is 13.4. The quantitative estimate of drug-likeness (QED) is 0.550. The Morgan fingerprint density at radius 2 is 1.75 bits per heavy atom. The molecule has 28 heavy (non-hydrogen) atoms. The van der Waals surface area contributed by atoms with Crippen molar-refractivity contribution in [3.63, 3.8) is 0 Å². The van der Waals surface area contributed by atoms with Gasteiger partial charge in [-0.1, -0.05) is 41.9 Å². The molecule has 1 atom stereocenters. The van der Waals surface area contributed by atoms with Gasteiger partial charge in [-0.2, -0.15) is 13.2 Å². The molecule has 2 N–H and O–H groups in total. The van der Waals surface area contributed by atoms with Crippen LogP contribution in [0.2, 0.25) is 5.02 Å². The molecule has 0 heterocycles. The monoisotopic (exact) mass is 418 g/mol. The van der Waals surface area contributed by atoms with Gasteiger partial charge in [0.25, 0.3) is 5.54 Å². The van der Waals surface area contributed by atoms with Gasteiger partial charge >= 0.3 is 18.2 Å². The lowest BCUT2D eigenvalue weighted by atomic mass is 9.89. The molecule has 2 aromatic rings. The van der Waals surface area contributed by atoms with Crippen molar-refractivity contribution >= 4 is 29.3 Å². The molecule has 0 aliphatic rings. The van der Waals surface area contributed by atoms with E-state index in [9.17, 15) is 27.2 Å².